The van der Waals surface area contributed by atoms with E-state index in [1.165, 1.54) is 69.8 Å². The second-order valence-corrected chi connectivity index (χ2v) is 11.0. The fourth-order valence-electron chi connectivity index (χ4n) is 7.27. The van der Waals surface area contributed by atoms with Crippen LogP contribution >= 0.6 is 0 Å². The number of aliphatic hydroxyl groups excluding tert-OH is 1. The van der Waals surface area contributed by atoms with Gasteiger partial charge in [0.1, 0.15) is 12.1 Å². The summed E-state index contributed by atoms with van der Waals surface area (Å²) in [5, 5.41) is 9.96. The molecular weight excluding hydrogens is 372 g/mol. The molecule has 1 N–H and O–H groups in total. The molecule has 3 nitrogen and oxygen atoms in total. The topological polar surface area (TPSA) is 54.4 Å². The third kappa shape index (κ3) is 4.61. The van der Waals surface area contributed by atoms with E-state index < -0.39 is 11.5 Å². The molecule has 3 aliphatic carbocycles. The van der Waals surface area contributed by atoms with Gasteiger partial charge < -0.3 is 5.11 Å². The van der Waals surface area contributed by atoms with Gasteiger partial charge in [0.15, 0.2) is 0 Å². The van der Waals surface area contributed by atoms with E-state index in [0.717, 1.165) is 25.0 Å². The average molecular weight is 417 g/mol. The lowest BCUT2D eigenvalue weighted by Crippen LogP contribution is -2.48. The Hall–Kier alpha value is -0.960. The molecule has 0 saturated heterocycles. The molecular formula is C27H44O3. The van der Waals surface area contributed by atoms with Crippen LogP contribution < -0.4 is 0 Å². The van der Waals surface area contributed by atoms with Crippen LogP contribution in [-0.4, -0.2) is 23.3 Å². The van der Waals surface area contributed by atoms with Crippen molar-refractivity contribution >= 4 is 12.1 Å². The number of unbranched alkanes of at least 4 members (excludes halogenated alkanes) is 5. The van der Waals surface area contributed by atoms with E-state index >= 15 is 0 Å². The monoisotopic (exact) mass is 416 g/mol. The predicted molar refractivity (Wildman–Crippen MR) is 122 cm³/mol. The molecule has 0 radical (unpaired) electrons. The summed E-state index contributed by atoms with van der Waals surface area (Å²) in [6.45, 7) is 6.84. The van der Waals surface area contributed by atoms with Crippen molar-refractivity contribution in [3.05, 3.63) is 11.6 Å². The second kappa shape index (κ2) is 10.1. The van der Waals surface area contributed by atoms with Crippen LogP contribution in [-0.2, 0) is 9.59 Å². The fraction of sp³-hybridized carbons (Fsp3) is 0.852. The summed E-state index contributed by atoms with van der Waals surface area (Å²) < 4.78 is 0. The normalized spacial score (nSPS) is 40.5. The molecule has 3 saturated carbocycles. The number of aldehydes is 1. The van der Waals surface area contributed by atoms with E-state index in [4.69, 9.17) is 0 Å². The highest BCUT2D eigenvalue weighted by molar-refractivity contribution is 5.86. The Kier molecular flexibility index (Phi) is 7.98. The van der Waals surface area contributed by atoms with Crippen molar-refractivity contribution in [2.24, 2.45) is 28.6 Å². The number of carbonyl (C=O) groups is 2. The molecule has 0 spiro atoms. The maximum atomic E-state index is 13.0. The van der Waals surface area contributed by atoms with Crippen LogP contribution in [0.1, 0.15) is 111 Å². The lowest BCUT2D eigenvalue weighted by Gasteiger charge is -2.51. The number of fused-ring (bicyclic) bond motifs is 1. The number of ketones is 1. The van der Waals surface area contributed by atoms with Gasteiger partial charge >= 0.3 is 0 Å². The Labute approximate surface area is 184 Å². The minimum Gasteiger partial charge on any atom is -0.393 e. The molecule has 0 aromatic heterocycles. The molecule has 3 aliphatic rings. The van der Waals surface area contributed by atoms with E-state index in [9.17, 15) is 14.7 Å². The highest BCUT2D eigenvalue weighted by Gasteiger charge is 2.56. The molecule has 0 heterocycles. The van der Waals surface area contributed by atoms with Crippen molar-refractivity contribution in [1.29, 1.82) is 0 Å². The summed E-state index contributed by atoms with van der Waals surface area (Å²) >= 11 is 0. The van der Waals surface area contributed by atoms with Gasteiger partial charge in [0, 0.05) is 11.8 Å². The molecule has 0 bridgehead atoms. The van der Waals surface area contributed by atoms with Crippen molar-refractivity contribution < 1.29 is 14.7 Å². The zero-order chi connectivity index (χ0) is 21.8. The Morgan fingerprint density at radius 1 is 0.967 bits per heavy atom. The van der Waals surface area contributed by atoms with Crippen LogP contribution in [0.4, 0.5) is 0 Å². The number of aliphatic hydroxyl groups is 1. The smallest absolute Gasteiger partial charge is 0.142 e. The Balaban J connectivity index is 1.70. The zero-order valence-corrected chi connectivity index (χ0v) is 19.6. The Morgan fingerprint density at radius 3 is 2.40 bits per heavy atom. The molecule has 170 valence electrons. The summed E-state index contributed by atoms with van der Waals surface area (Å²) in [6.07, 6.45) is 18.1. The molecule has 0 unspecified atom stereocenters. The van der Waals surface area contributed by atoms with Gasteiger partial charge in [-0.1, -0.05) is 64.9 Å². The highest BCUT2D eigenvalue weighted by atomic mass is 16.3. The van der Waals surface area contributed by atoms with Crippen molar-refractivity contribution in [2.45, 2.75) is 117 Å². The molecule has 3 fully saturated rings. The molecule has 0 amide bonds. The number of rotatable bonds is 9. The number of Topliss-reactive ketones (excluding diaryl/α,β-unsaturated/α-hetero) is 1. The summed E-state index contributed by atoms with van der Waals surface area (Å²) in [7, 11) is 0. The first kappa shape index (κ1) is 23.7. The van der Waals surface area contributed by atoms with Crippen LogP contribution in [0, 0.1) is 28.6 Å². The minimum absolute atomic E-state index is 0.175. The first-order valence-electron chi connectivity index (χ1n) is 12.7. The summed E-state index contributed by atoms with van der Waals surface area (Å²) in [6, 6.07) is 0. The van der Waals surface area contributed by atoms with Gasteiger partial charge in [0.05, 0.1) is 6.10 Å². The van der Waals surface area contributed by atoms with Crippen LogP contribution in [0.3, 0.4) is 0 Å². The van der Waals surface area contributed by atoms with Gasteiger partial charge in [0.2, 0.25) is 0 Å². The van der Waals surface area contributed by atoms with Crippen molar-refractivity contribution in [1.82, 2.24) is 0 Å². The molecule has 0 aliphatic heterocycles. The van der Waals surface area contributed by atoms with Crippen molar-refractivity contribution in [3.8, 4) is 0 Å². The summed E-state index contributed by atoms with van der Waals surface area (Å²) in [4.78, 5) is 24.6. The summed E-state index contributed by atoms with van der Waals surface area (Å²) in [5.74, 6) is 1.58. The SMILES string of the molecule is CCCCCCCC[C@H]1CC[C@H]2/C(=C\C=O)[C@@H]([C@@]3(C)CC[C@H](O)CC3=O)CC[C@]12C. The van der Waals surface area contributed by atoms with Crippen molar-refractivity contribution in [2.75, 3.05) is 0 Å². The molecule has 3 rings (SSSR count). The van der Waals surface area contributed by atoms with Crippen LogP contribution in [0.5, 0.6) is 0 Å². The zero-order valence-electron chi connectivity index (χ0n) is 19.6. The largest absolute Gasteiger partial charge is 0.393 e. The van der Waals surface area contributed by atoms with Crippen molar-refractivity contribution in [3.63, 3.8) is 0 Å². The minimum atomic E-state index is -0.480. The van der Waals surface area contributed by atoms with E-state index in [1.807, 2.05) is 6.08 Å². The third-order valence-electron chi connectivity index (χ3n) is 9.30. The molecule has 30 heavy (non-hydrogen) atoms. The van der Waals surface area contributed by atoms with Crippen LogP contribution in [0.25, 0.3) is 0 Å². The lowest BCUT2D eigenvalue weighted by molar-refractivity contribution is -0.138. The van der Waals surface area contributed by atoms with Gasteiger partial charge in [-0.3, -0.25) is 9.59 Å². The number of hydrogen-bond donors (Lipinski definition) is 1. The van der Waals surface area contributed by atoms with Crippen LogP contribution in [0.15, 0.2) is 11.6 Å². The number of allylic oxidation sites excluding steroid dienone is 2. The standard InChI is InChI=1S/C27H44O3/c1-4-5-6-7-8-9-10-20-11-12-23-22(15-18-28)24(14-17-26(20,23)2)27(3)16-13-21(29)19-25(27)30/h15,18,20-21,23-24,29H,4-14,16-17,19H2,1-3H3/b22-15+/t20-,21-,23-,24-,26+,27+/m0/s1. The maximum Gasteiger partial charge on any atom is 0.142 e. The van der Waals surface area contributed by atoms with Gasteiger partial charge in [-0.25, -0.2) is 0 Å². The predicted octanol–water partition coefficient (Wildman–Crippen LogP) is 6.43. The lowest BCUT2D eigenvalue weighted by atomic mass is 9.52. The van der Waals surface area contributed by atoms with E-state index in [0.29, 0.717) is 12.3 Å². The fourth-order valence-corrected chi connectivity index (χ4v) is 7.27. The molecule has 6 atom stereocenters. The van der Waals surface area contributed by atoms with Gasteiger partial charge in [-0.05, 0) is 74.2 Å². The highest BCUT2D eigenvalue weighted by Crippen LogP contribution is 2.63. The van der Waals surface area contributed by atoms with E-state index in [-0.39, 0.29) is 23.5 Å². The average Bonchev–Trinajstić information content (AvgIpc) is 3.05. The molecule has 3 heteroatoms. The second-order valence-electron chi connectivity index (χ2n) is 11.0. The first-order chi connectivity index (χ1) is 14.4. The Bertz CT molecular complexity index is 638. The summed E-state index contributed by atoms with van der Waals surface area (Å²) in [5.41, 5.74) is 1.13. The third-order valence-corrected chi connectivity index (χ3v) is 9.30. The van der Waals surface area contributed by atoms with Crippen LogP contribution in [0.2, 0.25) is 0 Å². The van der Waals surface area contributed by atoms with Gasteiger partial charge in [-0.15, -0.1) is 0 Å². The van der Waals surface area contributed by atoms with E-state index in [2.05, 4.69) is 20.8 Å². The maximum absolute atomic E-state index is 13.0. The number of carbonyl (C=O) groups excluding carboxylic acids is 2. The van der Waals surface area contributed by atoms with Gasteiger partial charge in [-0.2, -0.15) is 0 Å². The molecule has 0 aromatic carbocycles. The van der Waals surface area contributed by atoms with Gasteiger partial charge in [0.25, 0.3) is 0 Å². The molecule has 0 aromatic rings. The number of hydrogen-bond acceptors (Lipinski definition) is 3. The quantitative estimate of drug-likeness (QED) is 0.268. The Morgan fingerprint density at radius 2 is 1.70 bits per heavy atom. The first-order valence-corrected chi connectivity index (χ1v) is 12.7. The van der Waals surface area contributed by atoms with E-state index in [1.54, 1.807) is 0 Å².